The standard InChI is InChI=1S/C15H24FN/c1-4-7-10-13(5-2)15(16,6-3)14-11-8-9-12-17-14/h8-9,11-13H,4-7,10H2,1-3H3. The molecule has 1 nitrogen and oxygen atoms in total. The highest BCUT2D eigenvalue weighted by molar-refractivity contribution is 5.14. The van der Waals surface area contributed by atoms with E-state index >= 15 is 4.39 Å². The van der Waals surface area contributed by atoms with Gasteiger partial charge in [0.25, 0.3) is 0 Å². The molecular weight excluding hydrogens is 213 g/mol. The van der Waals surface area contributed by atoms with Gasteiger partial charge in [-0.25, -0.2) is 4.39 Å². The van der Waals surface area contributed by atoms with Gasteiger partial charge in [-0.15, -0.1) is 0 Å². The molecule has 0 aliphatic carbocycles. The van der Waals surface area contributed by atoms with Crippen molar-refractivity contribution < 1.29 is 4.39 Å². The first-order chi connectivity index (χ1) is 8.19. The molecule has 0 aliphatic rings. The number of rotatable bonds is 7. The Bertz CT molecular complexity index is 312. The van der Waals surface area contributed by atoms with Crippen LogP contribution in [0.3, 0.4) is 0 Å². The number of pyridine rings is 1. The summed E-state index contributed by atoms with van der Waals surface area (Å²) in [5, 5.41) is 0. The molecule has 0 aromatic carbocycles. The third kappa shape index (κ3) is 3.27. The predicted molar refractivity (Wildman–Crippen MR) is 70.6 cm³/mol. The highest BCUT2D eigenvalue weighted by atomic mass is 19.1. The van der Waals surface area contributed by atoms with Crippen LogP contribution in [0.1, 0.15) is 58.6 Å². The largest absolute Gasteiger partial charge is 0.258 e. The molecule has 1 heterocycles. The number of aromatic nitrogens is 1. The molecule has 0 radical (unpaired) electrons. The molecule has 2 atom stereocenters. The zero-order valence-corrected chi connectivity index (χ0v) is 11.2. The molecule has 0 fully saturated rings. The predicted octanol–water partition coefficient (Wildman–Crippen LogP) is 4.87. The van der Waals surface area contributed by atoms with Gasteiger partial charge in [0.15, 0.2) is 5.67 Å². The number of halogens is 1. The topological polar surface area (TPSA) is 12.9 Å². The van der Waals surface area contributed by atoms with Crippen molar-refractivity contribution in [2.24, 2.45) is 5.92 Å². The summed E-state index contributed by atoms with van der Waals surface area (Å²) in [4.78, 5) is 4.22. The summed E-state index contributed by atoms with van der Waals surface area (Å²) in [6.07, 6.45) is 6.24. The van der Waals surface area contributed by atoms with E-state index in [0.29, 0.717) is 12.1 Å². The van der Waals surface area contributed by atoms with Crippen LogP contribution < -0.4 is 0 Å². The van der Waals surface area contributed by atoms with Crippen molar-refractivity contribution in [3.8, 4) is 0 Å². The summed E-state index contributed by atoms with van der Waals surface area (Å²) >= 11 is 0. The minimum atomic E-state index is -1.26. The first-order valence-electron chi connectivity index (χ1n) is 6.79. The van der Waals surface area contributed by atoms with E-state index in [1.54, 1.807) is 6.20 Å². The summed E-state index contributed by atoms with van der Waals surface area (Å²) in [6.45, 7) is 6.15. The Morgan fingerprint density at radius 1 is 1.29 bits per heavy atom. The van der Waals surface area contributed by atoms with Crippen LogP contribution in [0.4, 0.5) is 4.39 Å². The maximum atomic E-state index is 15.2. The lowest BCUT2D eigenvalue weighted by Gasteiger charge is -2.32. The normalized spacial score (nSPS) is 16.5. The van der Waals surface area contributed by atoms with Crippen molar-refractivity contribution in [2.45, 2.75) is 58.5 Å². The van der Waals surface area contributed by atoms with Gasteiger partial charge in [0.05, 0.1) is 5.69 Å². The van der Waals surface area contributed by atoms with E-state index in [4.69, 9.17) is 0 Å². The quantitative estimate of drug-likeness (QED) is 0.659. The third-order valence-corrected chi connectivity index (χ3v) is 3.65. The Morgan fingerprint density at radius 2 is 2.06 bits per heavy atom. The fourth-order valence-corrected chi connectivity index (χ4v) is 2.49. The average Bonchev–Trinajstić information content (AvgIpc) is 2.40. The Hall–Kier alpha value is -0.920. The van der Waals surface area contributed by atoms with E-state index in [0.717, 1.165) is 25.7 Å². The second-order valence-corrected chi connectivity index (χ2v) is 4.68. The van der Waals surface area contributed by atoms with Gasteiger partial charge in [-0.05, 0) is 37.3 Å². The second-order valence-electron chi connectivity index (χ2n) is 4.68. The van der Waals surface area contributed by atoms with Crippen molar-refractivity contribution in [1.82, 2.24) is 4.98 Å². The summed E-state index contributed by atoms with van der Waals surface area (Å²) in [7, 11) is 0. The van der Waals surface area contributed by atoms with E-state index in [1.807, 2.05) is 25.1 Å². The maximum Gasteiger partial charge on any atom is 0.155 e. The monoisotopic (exact) mass is 237 g/mol. The smallest absolute Gasteiger partial charge is 0.155 e. The van der Waals surface area contributed by atoms with Gasteiger partial charge in [0, 0.05) is 6.20 Å². The molecule has 2 unspecified atom stereocenters. The first kappa shape index (κ1) is 14.1. The summed E-state index contributed by atoms with van der Waals surface area (Å²) < 4.78 is 15.2. The minimum absolute atomic E-state index is 0.0855. The van der Waals surface area contributed by atoms with Crippen molar-refractivity contribution in [1.29, 1.82) is 0 Å². The van der Waals surface area contributed by atoms with Gasteiger partial charge >= 0.3 is 0 Å². The molecule has 0 spiro atoms. The molecule has 17 heavy (non-hydrogen) atoms. The van der Waals surface area contributed by atoms with Crippen LogP contribution in [-0.2, 0) is 5.67 Å². The zero-order valence-electron chi connectivity index (χ0n) is 11.2. The molecule has 96 valence electrons. The van der Waals surface area contributed by atoms with Crippen molar-refractivity contribution in [3.63, 3.8) is 0 Å². The molecule has 1 rings (SSSR count). The van der Waals surface area contributed by atoms with Crippen molar-refractivity contribution >= 4 is 0 Å². The highest BCUT2D eigenvalue weighted by Crippen LogP contribution is 2.40. The lowest BCUT2D eigenvalue weighted by Crippen LogP contribution is -2.30. The molecule has 0 saturated carbocycles. The van der Waals surface area contributed by atoms with Crippen LogP contribution in [0, 0.1) is 5.92 Å². The average molecular weight is 237 g/mol. The maximum absolute atomic E-state index is 15.2. The van der Waals surface area contributed by atoms with E-state index in [9.17, 15) is 0 Å². The number of alkyl halides is 1. The molecule has 0 aliphatic heterocycles. The Labute approximate surface area is 104 Å². The lowest BCUT2D eigenvalue weighted by molar-refractivity contribution is 0.0580. The Morgan fingerprint density at radius 3 is 2.53 bits per heavy atom. The van der Waals surface area contributed by atoms with Gasteiger partial charge in [-0.3, -0.25) is 4.98 Å². The van der Waals surface area contributed by atoms with Gasteiger partial charge in [-0.1, -0.05) is 39.7 Å². The van der Waals surface area contributed by atoms with Crippen LogP contribution in [-0.4, -0.2) is 4.98 Å². The molecule has 0 bridgehead atoms. The van der Waals surface area contributed by atoms with Crippen LogP contribution in [0.5, 0.6) is 0 Å². The molecule has 0 saturated heterocycles. The fourth-order valence-electron chi connectivity index (χ4n) is 2.49. The minimum Gasteiger partial charge on any atom is -0.258 e. The lowest BCUT2D eigenvalue weighted by atomic mass is 9.79. The molecule has 0 amide bonds. The summed E-state index contributed by atoms with van der Waals surface area (Å²) in [5.74, 6) is 0.0855. The number of nitrogens with zero attached hydrogens (tertiary/aromatic N) is 1. The van der Waals surface area contributed by atoms with Crippen molar-refractivity contribution in [2.75, 3.05) is 0 Å². The summed E-state index contributed by atoms with van der Waals surface area (Å²) in [6, 6.07) is 5.53. The van der Waals surface area contributed by atoms with E-state index in [-0.39, 0.29) is 5.92 Å². The van der Waals surface area contributed by atoms with E-state index in [2.05, 4.69) is 18.8 Å². The zero-order chi connectivity index (χ0) is 12.7. The molecule has 0 N–H and O–H groups in total. The number of hydrogen-bond acceptors (Lipinski definition) is 1. The SMILES string of the molecule is CCCCC(CC)C(F)(CC)c1ccccn1. The van der Waals surface area contributed by atoms with Gasteiger partial charge in [0.1, 0.15) is 0 Å². The van der Waals surface area contributed by atoms with Gasteiger partial charge in [0.2, 0.25) is 0 Å². The summed E-state index contributed by atoms with van der Waals surface area (Å²) in [5.41, 5.74) is -0.656. The molecular formula is C15H24FN. The number of unbranched alkanes of at least 4 members (excludes halogenated alkanes) is 1. The molecule has 2 heteroatoms. The van der Waals surface area contributed by atoms with Gasteiger partial charge in [-0.2, -0.15) is 0 Å². The third-order valence-electron chi connectivity index (χ3n) is 3.65. The van der Waals surface area contributed by atoms with E-state index in [1.165, 1.54) is 0 Å². The van der Waals surface area contributed by atoms with Gasteiger partial charge < -0.3 is 0 Å². The molecule has 1 aromatic rings. The number of hydrogen-bond donors (Lipinski definition) is 0. The Kier molecular flexibility index (Phi) is 5.60. The van der Waals surface area contributed by atoms with Crippen LogP contribution >= 0.6 is 0 Å². The van der Waals surface area contributed by atoms with Crippen LogP contribution in [0.15, 0.2) is 24.4 Å². The fraction of sp³-hybridized carbons (Fsp3) is 0.667. The first-order valence-corrected chi connectivity index (χ1v) is 6.79. The second kappa shape index (κ2) is 6.73. The molecule has 1 aromatic heterocycles. The van der Waals surface area contributed by atoms with Crippen LogP contribution in [0.25, 0.3) is 0 Å². The van der Waals surface area contributed by atoms with Crippen LogP contribution in [0.2, 0.25) is 0 Å². The van der Waals surface area contributed by atoms with Crippen molar-refractivity contribution in [3.05, 3.63) is 30.1 Å². The van der Waals surface area contributed by atoms with E-state index < -0.39 is 5.67 Å². The Balaban J connectivity index is 2.92. The highest BCUT2D eigenvalue weighted by Gasteiger charge is 2.38.